The van der Waals surface area contributed by atoms with Gasteiger partial charge in [0.1, 0.15) is 0 Å². The normalized spacial score (nSPS) is 13.5. The van der Waals surface area contributed by atoms with Crippen LogP contribution >= 0.6 is 11.3 Å². The Balaban J connectivity index is 2.39. The molecule has 0 aromatic carbocycles. The molecular weight excluding hydrogens is 194 g/mol. The van der Waals surface area contributed by atoms with E-state index in [-0.39, 0.29) is 0 Å². The van der Waals surface area contributed by atoms with Crippen LogP contribution < -0.4 is 11.1 Å². The molecular formula is C10H19N3S. The Morgan fingerprint density at radius 3 is 2.71 bits per heavy atom. The minimum absolute atomic E-state index is 0.386. The molecule has 1 aromatic heterocycles. The van der Waals surface area contributed by atoms with E-state index < -0.39 is 0 Å². The summed E-state index contributed by atoms with van der Waals surface area (Å²) in [7, 11) is 0. The van der Waals surface area contributed by atoms with Gasteiger partial charge in [-0.25, -0.2) is 4.98 Å². The Morgan fingerprint density at radius 2 is 2.29 bits per heavy atom. The van der Waals surface area contributed by atoms with E-state index in [9.17, 15) is 0 Å². The Labute approximate surface area is 89.7 Å². The lowest BCUT2D eigenvalue weighted by molar-refractivity contribution is 0.403. The monoisotopic (exact) mass is 213 g/mol. The first-order chi connectivity index (χ1) is 6.63. The van der Waals surface area contributed by atoms with Crippen LogP contribution in [0.3, 0.4) is 0 Å². The van der Waals surface area contributed by atoms with Crippen LogP contribution in [0.1, 0.15) is 24.5 Å². The molecule has 0 fully saturated rings. The van der Waals surface area contributed by atoms with Crippen molar-refractivity contribution >= 4 is 11.3 Å². The molecule has 0 saturated carbocycles. The molecule has 0 bridgehead atoms. The van der Waals surface area contributed by atoms with Crippen molar-refractivity contribution in [3.63, 3.8) is 0 Å². The maximum absolute atomic E-state index is 5.66. The molecule has 0 radical (unpaired) electrons. The van der Waals surface area contributed by atoms with Gasteiger partial charge in [-0.05, 0) is 12.8 Å². The number of rotatable bonds is 5. The fourth-order valence-corrected chi connectivity index (χ4v) is 1.93. The Hall–Kier alpha value is -0.450. The van der Waals surface area contributed by atoms with Crippen LogP contribution in [0.5, 0.6) is 0 Å². The van der Waals surface area contributed by atoms with Crippen LogP contribution in [0, 0.1) is 12.8 Å². The molecule has 4 heteroatoms. The molecule has 1 aromatic rings. The third-order valence-corrected chi connectivity index (χ3v) is 3.09. The van der Waals surface area contributed by atoms with Crippen LogP contribution in [0.25, 0.3) is 0 Å². The van der Waals surface area contributed by atoms with Crippen molar-refractivity contribution < 1.29 is 0 Å². The van der Waals surface area contributed by atoms with Crippen LogP contribution in [0.15, 0.2) is 5.38 Å². The van der Waals surface area contributed by atoms with Gasteiger partial charge in [0, 0.05) is 24.5 Å². The first kappa shape index (κ1) is 11.6. The fraction of sp³-hybridized carbons (Fsp3) is 0.700. The standard InChI is InChI=1S/C10H19N3S/c1-7(2)10(4-11)12-5-9-6-14-8(3)13-9/h6-7,10,12H,4-5,11H2,1-3H3. The van der Waals surface area contributed by atoms with Crippen LogP contribution in [0.4, 0.5) is 0 Å². The van der Waals surface area contributed by atoms with Gasteiger partial charge in [0.2, 0.25) is 0 Å². The van der Waals surface area contributed by atoms with Crippen molar-refractivity contribution in [3.05, 3.63) is 16.1 Å². The average Bonchev–Trinajstić information content (AvgIpc) is 2.52. The van der Waals surface area contributed by atoms with E-state index in [1.807, 2.05) is 6.92 Å². The molecule has 0 saturated heterocycles. The highest BCUT2D eigenvalue weighted by Gasteiger charge is 2.10. The van der Waals surface area contributed by atoms with Crippen molar-refractivity contribution in [1.82, 2.24) is 10.3 Å². The highest BCUT2D eigenvalue weighted by atomic mass is 32.1. The number of aromatic nitrogens is 1. The summed E-state index contributed by atoms with van der Waals surface area (Å²) in [5.74, 6) is 0.569. The molecule has 1 unspecified atom stereocenters. The molecule has 14 heavy (non-hydrogen) atoms. The SMILES string of the molecule is Cc1nc(CNC(CN)C(C)C)cs1. The highest BCUT2D eigenvalue weighted by molar-refractivity contribution is 7.09. The van der Waals surface area contributed by atoms with Gasteiger partial charge in [-0.3, -0.25) is 0 Å². The van der Waals surface area contributed by atoms with E-state index in [2.05, 4.69) is 29.5 Å². The summed E-state index contributed by atoms with van der Waals surface area (Å²) in [6.45, 7) is 7.88. The number of nitrogens with zero attached hydrogens (tertiary/aromatic N) is 1. The van der Waals surface area contributed by atoms with Crippen LogP contribution in [-0.4, -0.2) is 17.6 Å². The molecule has 0 amide bonds. The second kappa shape index (κ2) is 5.44. The van der Waals surface area contributed by atoms with Gasteiger partial charge in [-0.1, -0.05) is 13.8 Å². The predicted octanol–water partition coefficient (Wildman–Crippen LogP) is 1.52. The summed E-state index contributed by atoms with van der Waals surface area (Å²) in [4.78, 5) is 4.39. The van der Waals surface area contributed by atoms with Gasteiger partial charge in [0.05, 0.1) is 10.7 Å². The summed E-state index contributed by atoms with van der Waals surface area (Å²) in [5.41, 5.74) is 6.78. The van der Waals surface area contributed by atoms with Crippen molar-refractivity contribution in [2.75, 3.05) is 6.54 Å². The maximum Gasteiger partial charge on any atom is 0.0897 e. The summed E-state index contributed by atoms with van der Waals surface area (Å²) >= 11 is 1.69. The van der Waals surface area contributed by atoms with Crippen LogP contribution in [0.2, 0.25) is 0 Å². The van der Waals surface area contributed by atoms with Crippen molar-refractivity contribution in [2.24, 2.45) is 11.7 Å². The maximum atomic E-state index is 5.66. The van der Waals surface area contributed by atoms with Crippen LogP contribution in [-0.2, 0) is 6.54 Å². The molecule has 3 nitrogen and oxygen atoms in total. The molecule has 0 aliphatic heterocycles. The molecule has 0 spiro atoms. The molecule has 3 N–H and O–H groups in total. The Morgan fingerprint density at radius 1 is 1.57 bits per heavy atom. The summed E-state index contributed by atoms with van der Waals surface area (Å²) < 4.78 is 0. The molecule has 0 aliphatic rings. The van der Waals surface area contributed by atoms with E-state index in [0.29, 0.717) is 18.5 Å². The lowest BCUT2D eigenvalue weighted by Gasteiger charge is -2.19. The van der Waals surface area contributed by atoms with Gasteiger partial charge < -0.3 is 11.1 Å². The first-order valence-corrected chi connectivity index (χ1v) is 5.86. The van der Waals surface area contributed by atoms with Crippen molar-refractivity contribution in [2.45, 2.75) is 33.4 Å². The topological polar surface area (TPSA) is 50.9 Å². The number of nitrogens with two attached hydrogens (primary N) is 1. The lowest BCUT2D eigenvalue weighted by atomic mass is 10.1. The summed E-state index contributed by atoms with van der Waals surface area (Å²) in [6.07, 6.45) is 0. The Bertz CT molecular complexity index is 270. The lowest BCUT2D eigenvalue weighted by Crippen LogP contribution is -2.39. The van der Waals surface area contributed by atoms with E-state index in [1.165, 1.54) is 0 Å². The largest absolute Gasteiger partial charge is 0.329 e. The molecule has 80 valence electrons. The number of nitrogens with one attached hydrogen (secondary N) is 1. The van der Waals surface area contributed by atoms with Gasteiger partial charge in [0.15, 0.2) is 0 Å². The van der Waals surface area contributed by atoms with Gasteiger partial charge >= 0.3 is 0 Å². The zero-order chi connectivity index (χ0) is 10.6. The first-order valence-electron chi connectivity index (χ1n) is 4.98. The number of hydrogen-bond acceptors (Lipinski definition) is 4. The van der Waals surface area contributed by atoms with E-state index in [4.69, 9.17) is 5.73 Å². The summed E-state index contributed by atoms with van der Waals surface area (Å²) in [6, 6.07) is 0.386. The van der Waals surface area contributed by atoms with E-state index >= 15 is 0 Å². The summed E-state index contributed by atoms with van der Waals surface area (Å²) in [5, 5.41) is 6.63. The number of aryl methyl sites for hydroxylation is 1. The highest BCUT2D eigenvalue weighted by Crippen LogP contribution is 2.08. The van der Waals surface area contributed by atoms with Crippen molar-refractivity contribution in [1.29, 1.82) is 0 Å². The minimum Gasteiger partial charge on any atom is -0.329 e. The van der Waals surface area contributed by atoms with Gasteiger partial charge in [0.25, 0.3) is 0 Å². The second-order valence-corrected chi connectivity index (χ2v) is 4.89. The quantitative estimate of drug-likeness (QED) is 0.780. The predicted molar refractivity (Wildman–Crippen MR) is 61.4 cm³/mol. The third kappa shape index (κ3) is 3.36. The average molecular weight is 213 g/mol. The third-order valence-electron chi connectivity index (χ3n) is 2.27. The number of thiazole rings is 1. The second-order valence-electron chi connectivity index (χ2n) is 3.82. The molecule has 1 heterocycles. The number of hydrogen-bond donors (Lipinski definition) is 2. The van der Waals surface area contributed by atoms with Gasteiger partial charge in [-0.15, -0.1) is 11.3 Å². The zero-order valence-electron chi connectivity index (χ0n) is 9.08. The van der Waals surface area contributed by atoms with E-state index in [1.54, 1.807) is 11.3 Å². The zero-order valence-corrected chi connectivity index (χ0v) is 9.90. The molecule has 1 atom stereocenters. The van der Waals surface area contributed by atoms with E-state index in [0.717, 1.165) is 17.2 Å². The molecule has 0 aliphatic carbocycles. The Kier molecular flexibility index (Phi) is 4.51. The fourth-order valence-electron chi connectivity index (χ4n) is 1.32. The smallest absolute Gasteiger partial charge is 0.0897 e. The molecule has 1 rings (SSSR count). The minimum atomic E-state index is 0.386. The van der Waals surface area contributed by atoms with Gasteiger partial charge in [-0.2, -0.15) is 0 Å². The van der Waals surface area contributed by atoms with Crippen molar-refractivity contribution in [3.8, 4) is 0 Å².